The molecule has 6 atom stereocenters. The highest BCUT2D eigenvalue weighted by Gasteiger charge is 2.43. The van der Waals surface area contributed by atoms with Crippen molar-refractivity contribution in [3.8, 4) is 0 Å². The first-order valence-corrected chi connectivity index (χ1v) is 10.4. The molecule has 0 spiro atoms. The number of hydrogen-bond donors (Lipinski definition) is 5. The monoisotopic (exact) mass is 423 g/mol. The number of nitrogens with zero attached hydrogens (tertiary/aromatic N) is 2. The number of nitrogens with one attached hydrogen (secondary N) is 1. The normalized spacial score (nSPS) is 32.6. The first-order valence-electron chi connectivity index (χ1n) is 9.98. The Morgan fingerprint density at radius 3 is 2.69 bits per heavy atom. The van der Waals surface area contributed by atoms with Crippen LogP contribution in [-0.2, 0) is 4.74 Å². The summed E-state index contributed by atoms with van der Waals surface area (Å²) in [5.74, 6) is 0.994. The minimum atomic E-state index is -1.15. The van der Waals surface area contributed by atoms with Gasteiger partial charge in [-0.3, -0.25) is 0 Å². The molecule has 2 unspecified atom stereocenters. The Morgan fingerprint density at radius 1 is 1.14 bits per heavy atom. The number of anilines is 1. The molecule has 158 valence electrons. The van der Waals surface area contributed by atoms with E-state index in [9.17, 15) is 20.4 Å². The molecule has 29 heavy (non-hydrogen) atoms. The Balaban J connectivity index is 1.56. The van der Waals surface area contributed by atoms with E-state index >= 15 is 0 Å². The van der Waals surface area contributed by atoms with Crippen LogP contribution in [0.3, 0.4) is 0 Å². The Kier molecular flexibility index (Phi) is 6.19. The minimum absolute atomic E-state index is 0.0991. The second kappa shape index (κ2) is 8.67. The number of aliphatic hydroxyl groups excluding tert-OH is 4. The standard InChI is InChI=1S/C20H26ClN3O5/c21-20-23-14-7-11(18-17(28)16(27)15(9-25)29-18)4-5-13(14)19(24-20)22-8-10-2-1-3-12(26)6-10/h4-5,7,10,12,15-18,25-28H,1-3,6,8-9H2,(H,22,23,24)/t10?,12?,15-,16-,17-,18+/m1/s1. The lowest BCUT2D eigenvalue weighted by molar-refractivity contribution is -0.0227. The van der Waals surface area contributed by atoms with Crippen molar-refractivity contribution in [2.45, 2.75) is 56.2 Å². The van der Waals surface area contributed by atoms with Crippen molar-refractivity contribution >= 4 is 28.3 Å². The van der Waals surface area contributed by atoms with E-state index in [0.29, 0.717) is 29.4 Å². The minimum Gasteiger partial charge on any atom is -0.394 e. The number of aromatic nitrogens is 2. The van der Waals surface area contributed by atoms with Crippen molar-refractivity contribution in [1.29, 1.82) is 0 Å². The summed E-state index contributed by atoms with van der Waals surface area (Å²) in [6.45, 7) is 0.316. The predicted molar refractivity (Wildman–Crippen MR) is 108 cm³/mol. The number of ether oxygens (including phenoxy) is 1. The van der Waals surface area contributed by atoms with E-state index in [2.05, 4.69) is 15.3 Å². The fraction of sp³-hybridized carbons (Fsp3) is 0.600. The highest BCUT2D eigenvalue weighted by molar-refractivity contribution is 6.28. The van der Waals surface area contributed by atoms with E-state index in [1.54, 1.807) is 12.1 Å². The highest BCUT2D eigenvalue weighted by Crippen LogP contribution is 2.35. The van der Waals surface area contributed by atoms with Gasteiger partial charge in [0.25, 0.3) is 0 Å². The summed E-state index contributed by atoms with van der Waals surface area (Å²) in [7, 11) is 0. The molecule has 9 heteroatoms. The molecule has 5 N–H and O–H groups in total. The molecule has 1 saturated heterocycles. The number of halogens is 1. The summed E-state index contributed by atoms with van der Waals surface area (Å²) in [6, 6.07) is 5.36. The van der Waals surface area contributed by atoms with Gasteiger partial charge in [-0.15, -0.1) is 0 Å². The number of hydrogen-bond acceptors (Lipinski definition) is 8. The Bertz CT molecular complexity index is 869. The fourth-order valence-electron chi connectivity index (χ4n) is 4.29. The largest absolute Gasteiger partial charge is 0.394 e. The maximum Gasteiger partial charge on any atom is 0.224 e. The molecule has 2 aromatic rings. The Labute approximate surface area is 173 Å². The summed E-state index contributed by atoms with van der Waals surface area (Å²) in [4.78, 5) is 8.59. The van der Waals surface area contributed by atoms with E-state index in [4.69, 9.17) is 16.3 Å². The average molecular weight is 424 g/mol. The average Bonchev–Trinajstić information content (AvgIpc) is 3.00. The second-order valence-electron chi connectivity index (χ2n) is 7.94. The van der Waals surface area contributed by atoms with Crippen molar-refractivity contribution in [2.75, 3.05) is 18.5 Å². The highest BCUT2D eigenvalue weighted by atomic mass is 35.5. The molecule has 2 heterocycles. The summed E-state index contributed by atoms with van der Waals surface area (Å²) in [6.07, 6.45) is -0.400. The van der Waals surface area contributed by atoms with Crippen LogP contribution in [0.2, 0.25) is 5.28 Å². The number of aliphatic hydroxyl groups is 4. The smallest absolute Gasteiger partial charge is 0.224 e. The molecule has 2 aliphatic rings. The molecular weight excluding hydrogens is 398 g/mol. The molecule has 0 radical (unpaired) electrons. The summed E-state index contributed by atoms with van der Waals surface area (Å²) in [5, 5.41) is 43.6. The summed E-state index contributed by atoms with van der Waals surface area (Å²) < 4.78 is 5.60. The van der Waals surface area contributed by atoms with Crippen LogP contribution in [-0.4, -0.2) is 68.0 Å². The van der Waals surface area contributed by atoms with Crippen LogP contribution in [0.1, 0.15) is 37.4 Å². The lowest BCUT2D eigenvalue weighted by atomic mass is 9.87. The van der Waals surface area contributed by atoms with Gasteiger partial charge in [-0.2, -0.15) is 0 Å². The van der Waals surface area contributed by atoms with Crippen LogP contribution in [0, 0.1) is 5.92 Å². The first-order chi connectivity index (χ1) is 14.0. The van der Waals surface area contributed by atoms with Crippen molar-refractivity contribution < 1.29 is 25.2 Å². The molecule has 0 amide bonds. The van der Waals surface area contributed by atoms with Crippen LogP contribution in [0.4, 0.5) is 5.82 Å². The quantitative estimate of drug-likeness (QED) is 0.456. The number of fused-ring (bicyclic) bond motifs is 1. The van der Waals surface area contributed by atoms with Gasteiger partial charge in [0.1, 0.15) is 30.2 Å². The third kappa shape index (κ3) is 4.33. The zero-order valence-electron chi connectivity index (χ0n) is 15.9. The molecule has 4 rings (SSSR count). The van der Waals surface area contributed by atoms with Gasteiger partial charge in [-0.25, -0.2) is 9.97 Å². The van der Waals surface area contributed by atoms with Crippen LogP contribution in [0.15, 0.2) is 18.2 Å². The van der Waals surface area contributed by atoms with Crippen LogP contribution >= 0.6 is 11.6 Å². The molecule has 0 bridgehead atoms. The molecule has 1 aromatic carbocycles. The fourth-order valence-corrected chi connectivity index (χ4v) is 4.47. The van der Waals surface area contributed by atoms with Crippen molar-refractivity contribution in [3.63, 3.8) is 0 Å². The zero-order valence-corrected chi connectivity index (χ0v) is 16.7. The van der Waals surface area contributed by atoms with Crippen LogP contribution in [0.25, 0.3) is 10.9 Å². The van der Waals surface area contributed by atoms with E-state index in [1.807, 2.05) is 6.07 Å². The van der Waals surface area contributed by atoms with Gasteiger partial charge >= 0.3 is 0 Å². The van der Waals surface area contributed by atoms with Gasteiger partial charge in [0.05, 0.1) is 18.2 Å². The first kappa shape index (κ1) is 20.7. The SMILES string of the molecule is OC[C@H]1O[C@@H](c2ccc3c(NCC4CCCC(O)C4)nc(Cl)nc3c2)[C@H](O)[C@@H]1O. The van der Waals surface area contributed by atoms with Gasteiger partial charge in [0.15, 0.2) is 0 Å². The lowest BCUT2D eigenvalue weighted by Crippen LogP contribution is -2.32. The van der Waals surface area contributed by atoms with Crippen molar-refractivity contribution in [2.24, 2.45) is 5.92 Å². The summed E-state index contributed by atoms with van der Waals surface area (Å²) in [5.41, 5.74) is 1.22. The van der Waals surface area contributed by atoms with Crippen molar-refractivity contribution in [3.05, 3.63) is 29.0 Å². The van der Waals surface area contributed by atoms with Gasteiger partial charge < -0.3 is 30.5 Å². The van der Waals surface area contributed by atoms with Crippen molar-refractivity contribution in [1.82, 2.24) is 9.97 Å². The second-order valence-corrected chi connectivity index (χ2v) is 8.28. The third-order valence-electron chi connectivity index (χ3n) is 5.88. The van der Waals surface area contributed by atoms with Gasteiger partial charge in [-0.1, -0.05) is 12.5 Å². The van der Waals surface area contributed by atoms with E-state index in [0.717, 1.165) is 31.1 Å². The van der Waals surface area contributed by atoms with Gasteiger partial charge in [0, 0.05) is 11.9 Å². The molecular formula is C20H26ClN3O5. The molecule has 2 fully saturated rings. The summed E-state index contributed by atoms with van der Waals surface area (Å²) >= 11 is 6.12. The van der Waals surface area contributed by atoms with Gasteiger partial charge in [-0.05, 0) is 54.5 Å². The predicted octanol–water partition coefficient (Wildman–Crippen LogP) is 1.40. The lowest BCUT2D eigenvalue weighted by Gasteiger charge is -2.26. The maximum absolute atomic E-state index is 10.3. The van der Waals surface area contributed by atoms with E-state index < -0.39 is 24.4 Å². The van der Waals surface area contributed by atoms with Gasteiger partial charge in [0.2, 0.25) is 5.28 Å². The molecule has 1 saturated carbocycles. The zero-order chi connectivity index (χ0) is 20.5. The van der Waals surface area contributed by atoms with Crippen LogP contribution < -0.4 is 5.32 Å². The maximum atomic E-state index is 10.3. The van der Waals surface area contributed by atoms with E-state index in [-0.39, 0.29) is 18.0 Å². The van der Waals surface area contributed by atoms with Crippen LogP contribution in [0.5, 0.6) is 0 Å². The molecule has 1 aliphatic carbocycles. The Hall–Kier alpha value is -1.55. The molecule has 1 aliphatic heterocycles. The molecule has 1 aromatic heterocycles. The number of benzene rings is 1. The third-order valence-corrected chi connectivity index (χ3v) is 6.05. The Morgan fingerprint density at radius 2 is 1.97 bits per heavy atom. The topological polar surface area (TPSA) is 128 Å². The van der Waals surface area contributed by atoms with E-state index in [1.165, 1.54) is 0 Å². The molecule has 8 nitrogen and oxygen atoms in total. The number of rotatable bonds is 5.